The molecule has 15 heteroatoms. The van der Waals surface area contributed by atoms with E-state index in [0.717, 1.165) is 106 Å². The number of benzene rings is 2. The van der Waals surface area contributed by atoms with E-state index in [0.29, 0.717) is 12.8 Å². The zero-order valence-corrected chi connectivity index (χ0v) is 47.8. The Morgan fingerprint density at radius 1 is 0.553 bits per heavy atom. The van der Waals surface area contributed by atoms with Crippen LogP contribution < -0.4 is 10.6 Å². The minimum Gasteiger partial charge on any atom is -0.462 e. The van der Waals surface area contributed by atoms with Gasteiger partial charge in [0.05, 0.1) is 19.8 Å². The van der Waals surface area contributed by atoms with Crippen LogP contribution in [0.1, 0.15) is 211 Å². The smallest absolute Gasteiger partial charge is 0.462 e. The Labute approximate surface area is 457 Å². The molecule has 3 rings (SSSR count). The Bertz CT molecular complexity index is 1930. The summed E-state index contributed by atoms with van der Waals surface area (Å²) in [5.41, 5.74) is 4.52. The van der Waals surface area contributed by atoms with Gasteiger partial charge in [-0.1, -0.05) is 189 Å². The number of alkyl carbamates (subject to hydrolysis) is 1. The summed E-state index contributed by atoms with van der Waals surface area (Å²) in [7, 11) is -3.01. The average Bonchev–Trinajstić information content (AvgIpc) is 3.75. The van der Waals surface area contributed by atoms with Crippen molar-refractivity contribution in [1.82, 2.24) is 10.6 Å². The molecular formula is C61H97N2O12P. The normalized spacial score (nSPS) is 13.4. The molecule has 2 atom stereocenters. The summed E-state index contributed by atoms with van der Waals surface area (Å²) >= 11 is 0. The minimum absolute atomic E-state index is 0.0424. The molecule has 76 heavy (non-hydrogen) atoms. The van der Waals surface area contributed by atoms with Gasteiger partial charge in [-0.25, -0.2) is 9.36 Å². The Kier molecular flexibility index (Phi) is 37.9. The maximum absolute atomic E-state index is 13.4. The summed E-state index contributed by atoms with van der Waals surface area (Å²) < 4.78 is 51.6. The van der Waals surface area contributed by atoms with E-state index in [-0.39, 0.29) is 64.9 Å². The molecule has 0 radical (unpaired) electrons. The monoisotopic (exact) mass is 1080 g/mol. The van der Waals surface area contributed by atoms with Crippen LogP contribution in [0.3, 0.4) is 0 Å². The number of ether oxygens (including phenoxy) is 4. The molecule has 2 aromatic rings. The first-order valence-electron chi connectivity index (χ1n) is 29.2. The number of fused-ring (bicyclic) bond motifs is 3. The highest BCUT2D eigenvalue weighted by atomic mass is 31.2. The fourth-order valence-electron chi connectivity index (χ4n) is 9.05. The van der Waals surface area contributed by atoms with Crippen molar-refractivity contribution in [2.24, 2.45) is 0 Å². The Hall–Kier alpha value is -4.33. The second-order valence-electron chi connectivity index (χ2n) is 19.9. The molecule has 1 aliphatic carbocycles. The molecule has 2 unspecified atom stereocenters. The van der Waals surface area contributed by atoms with Crippen LogP contribution in [0.2, 0.25) is 0 Å². The maximum Gasteiger partial charge on any atom is 0.474 e. The first kappa shape index (κ1) is 66.0. The Morgan fingerprint density at radius 3 is 1.55 bits per heavy atom. The highest BCUT2D eigenvalue weighted by Gasteiger charge is 2.30. The number of carbonyl (C=O) groups excluding carboxylic acids is 4. The standard InChI is InChI=1S/C61H97N2O12P/c1-4-6-8-10-12-14-16-18-20-22-24-26-28-30-32-42-59(65)71-48-52(75-60(66)43-33-31-29-27-25-23-21-19-17-15-13-11-9-7-5-2)49-74-76(68,69-3)73-47-45-62-58(64)51-70-46-44-63-61(67)72-50-57-55-40-36-34-38-53(55)54-39-35-37-41-56(54)57/h18-21,34-41,52,57H,4-17,22-33,42-51H2,1-3H3,(H,62,64)(H,63,67)/b20-18-,21-19-. The molecule has 0 spiro atoms. The lowest BCUT2D eigenvalue weighted by atomic mass is 9.98. The number of esters is 2. The third-order valence-electron chi connectivity index (χ3n) is 13.4. The summed E-state index contributed by atoms with van der Waals surface area (Å²) in [6, 6.07) is 16.2. The van der Waals surface area contributed by atoms with Crippen LogP contribution in [0.5, 0.6) is 0 Å². The number of amides is 2. The van der Waals surface area contributed by atoms with E-state index in [1.807, 2.05) is 24.3 Å². The molecule has 0 aromatic heterocycles. The summed E-state index contributed by atoms with van der Waals surface area (Å²) in [6.45, 7) is 3.63. The Balaban J connectivity index is 1.31. The van der Waals surface area contributed by atoms with Gasteiger partial charge in [0.25, 0.3) is 0 Å². The van der Waals surface area contributed by atoms with Gasteiger partial charge in [-0.2, -0.15) is 0 Å². The molecule has 2 N–H and O–H groups in total. The topological polar surface area (TPSA) is 174 Å². The first-order chi connectivity index (χ1) is 37.2. The lowest BCUT2D eigenvalue weighted by Crippen LogP contribution is -2.33. The molecule has 1 aliphatic rings. The Morgan fingerprint density at radius 2 is 1.03 bits per heavy atom. The van der Waals surface area contributed by atoms with Gasteiger partial charge >= 0.3 is 25.9 Å². The van der Waals surface area contributed by atoms with Crippen LogP contribution in [0.25, 0.3) is 11.1 Å². The van der Waals surface area contributed by atoms with E-state index in [4.69, 9.17) is 32.5 Å². The number of hydrogen-bond donors (Lipinski definition) is 2. The van der Waals surface area contributed by atoms with Crippen molar-refractivity contribution in [3.63, 3.8) is 0 Å². The zero-order valence-electron chi connectivity index (χ0n) is 46.9. The largest absolute Gasteiger partial charge is 0.474 e. The highest BCUT2D eigenvalue weighted by Crippen LogP contribution is 2.48. The minimum atomic E-state index is -4.17. The van der Waals surface area contributed by atoms with Gasteiger partial charge in [0.1, 0.15) is 19.8 Å². The van der Waals surface area contributed by atoms with Crippen LogP contribution in [0.15, 0.2) is 72.8 Å². The number of hydrogen-bond acceptors (Lipinski definition) is 12. The number of rotatable bonds is 48. The quantitative estimate of drug-likeness (QED) is 0.0211. The molecular weight excluding hydrogens is 984 g/mol. The summed E-state index contributed by atoms with van der Waals surface area (Å²) in [4.78, 5) is 50.6. The van der Waals surface area contributed by atoms with Crippen molar-refractivity contribution >= 4 is 31.8 Å². The zero-order chi connectivity index (χ0) is 54.6. The van der Waals surface area contributed by atoms with E-state index < -0.39 is 44.5 Å². The fourth-order valence-corrected chi connectivity index (χ4v) is 10.0. The first-order valence-corrected chi connectivity index (χ1v) is 30.7. The molecule has 14 nitrogen and oxygen atoms in total. The molecule has 0 heterocycles. The number of allylic oxidation sites excluding steroid dienone is 4. The third kappa shape index (κ3) is 31.2. The van der Waals surface area contributed by atoms with E-state index in [1.54, 1.807) is 0 Å². The average molecular weight is 1080 g/mol. The second kappa shape index (κ2) is 43.6. The van der Waals surface area contributed by atoms with Crippen LogP contribution in [0.4, 0.5) is 4.79 Å². The lowest BCUT2D eigenvalue weighted by molar-refractivity contribution is -0.161. The SMILES string of the molecule is CCCCCCCC/C=C\CCCCCCCC(=O)OCC(COP(=O)(OC)OCCNC(=O)COCCNC(=O)OCC1c2ccccc2-c2ccccc21)OC(=O)CCCCCCC/C=C\CCCCCCCC. The van der Waals surface area contributed by atoms with Crippen LogP contribution in [0, 0.1) is 0 Å². The number of unbranched alkanes of at least 4 members (excludes halogenated alkanes) is 22. The molecule has 0 fully saturated rings. The molecule has 0 bridgehead atoms. The van der Waals surface area contributed by atoms with Crippen molar-refractivity contribution < 1.29 is 56.3 Å². The van der Waals surface area contributed by atoms with E-state index in [2.05, 4.69) is 73.1 Å². The predicted octanol–water partition coefficient (Wildman–Crippen LogP) is 15.0. The van der Waals surface area contributed by atoms with Crippen molar-refractivity contribution in [2.45, 2.75) is 206 Å². The van der Waals surface area contributed by atoms with E-state index in [1.165, 1.54) is 77.0 Å². The van der Waals surface area contributed by atoms with E-state index >= 15 is 0 Å². The summed E-state index contributed by atoms with van der Waals surface area (Å²) in [5.74, 6) is -1.39. The maximum atomic E-state index is 13.4. The molecule has 428 valence electrons. The van der Waals surface area contributed by atoms with Crippen LogP contribution >= 0.6 is 7.82 Å². The van der Waals surface area contributed by atoms with Crippen molar-refractivity contribution in [3.05, 3.63) is 84.0 Å². The number of phosphoric ester groups is 1. The number of phosphoric acid groups is 1. The number of nitrogens with one attached hydrogen (secondary N) is 2. The molecule has 2 amide bonds. The second-order valence-corrected chi connectivity index (χ2v) is 21.7. The van der Waals surface area contributed by atoms with Gasteiger partial charge < -0.3 is 29.6 Å². The van der Waals surface area contributed by atoms with Gasteiger partial charge in [0, 0.05) is 39.0 Å². The third-order valence-corrected chi connectivity index (χ3v) is 14.8. The molecule has 0 saturated carbocycles. The lowest BCUT2D eigenvalue weighted by Gasteiger charge is -2.21. The van der Waals surface area contributed by atoms with Crippen molar-refractivity contribution in [1.29, 1.82) is 0 Å². The van der Waals surface area contributed by atoms with Gasteiger partial charge in [-0.15, -0.1) is 0 Å². The predicted molar refractivity (Wildman–Crippen MR) is 303 cm³/mol. The fraction of sp³-hybridized carbons (Fsp3) is 0.672. The van der Waals surface area contributed by atoms with Gasteiger partial charge in [0.15, 0.2) is 6.10 Å². The van der Waals surface area contributed by atoms with Crippen molar-refractivity contribution in [3.8, 4) is 11.1 Å². The molecule has 0 saturated heterocycles. The highest BCUT2D eigenvalue weighted by molar-refractivity contribution is 7.48. The van der Waals surface area contributed by atoms with E-state index in [9.17, 15) is 23.7 Å². The van der Waals surface area contributed by atoms with Gasteiger partial charge in [-0.3, -0.25) is 28.0 Å². The molecule has 0 aliphatic heterocycles. The molecule has 2 aromatic carbocycles. The summed E-state index contributed by atoms with van der Waals surface area (Å²) in [6.07, 6.45) is 37.9. The van der Waals surface area contributed by atoms with Gasteiger partial charge in [0.2, 0.25) is 5.91 Å². The summed E-state index contributed by atoms with van der Waals surface area (Å²) in [5, 5.41) is 5.26. The van der Waals surface area contributed by atoms with Crippen LogP contribution in [-0.4, -0.2) is 89.9 Å². The van der Waals surface area contributed by atoms with Crippen molar-refractivity contribution in [2.75, 3.05) is 59.8 Å². The van der Waals surface area contributed by atoms with Gasteiger partial charge in [-0.05, 0) is 86.5 Å². The van der Waals surface area contributed by atoms with Crippen LogP contribution in [-0.2, 0) is 51.5 Å². The number of carbonyl (C=O) groups is 4.